The van der Waals surface area contributed by atoms with Crippen molar-refractivity contribution >= 4 is 22.9 Å². The van der Waals surface area contributed by atoms with E-state index in [1.165, 1.54) is 16.0 Å². The molecule has 0 bridgehead atoms. The summed E-state index contributed by atoms with van der Waals surface area (Å²) in [5, 5.41) is 2.90. The van der Waals surface area contributed by atoms with Crippen LogP contribution in [0.25, 0.3) is 11.1 Å². The van der Waals surface area contributed by atoms with E-state index in [1.54, 1.807) is 11.3 Å². The van der Waals surface area contributed by atoms with Crippen LogP contribution in [-0.4, -0.2) is 0 Å². The second kappa shape index (κ2) is 4.35. The summed E-state index contributed by atoms with van der Waals surface area (Å²) in [5.74, 6) is 0. The van der Waals surface area contributed by atoms with Crippen molar-refractivity contribution < 1.29 is 0 Å². The molecule has 0 aliphatic rings. The topological polar surface area (TPSA) is 26.0 Å². The summed E-state index contributed by atoms with van der Waals surface area (Å²) in [6, 6.07) is 8.17. The highest BCUT2D eigenvalue weighted by Crippen LogP contribution is 2.28. The van der Waals surface area contributed by atoms with E-state index in [0.29, 0.717) is 6.54 Å². The lowest BCUT2D eigenvalue weighted by molar-refractivity contribution is 1.07. The zero-order valence-corrected chi connectivity index (χ0v) is 10.0. The fourth-order valence-electron chi connectivity index (χ4n) is 1.51. The van der Waals surface area contributed by atoms with Gasteiger partial charge in [-0.15, -0.1) is 11.3 Å². The molecule has 0 amide bonds. The molecule has 2 rings (SSSR count). The number of aryl methyl sites for hydroxylation is 1. The molecule has 1 aromatic carbocycles. The van der Waals surface area contributed by atoms with Crippen LogP contribution in [0.2, 0.25) is 5.02 Å². The van der Waals surface area contributed by atoms with Gasteiger partial charge in [0, 0.05) is 16.4 Å². The van der Waals surface area contributed by atoms with Gasteiger partial charge in [0.1, 0.15) is 0 Å². The number of hydrogen-bond acceptors (Lipinski definition) is 2. The molecule has 3 heteroatoms. The number of rotatable bonds is 2. The molecule has 0 aliphatic heterocycles. The quantitative estimate of drug-likeness (QED) is 0.844. The summed E-state index contributed by atoms with van der Waals surface area (Å²) in [5.41, 5.74) is 9.04. The van der Waals surface area contributed by atoms with Crippen molar-refractivity contribution in [3.63, 3.8) is 0 Å². The van der Waals surface area contributed by atoms with E-state index in [4.69, 9.17) is 17.3 Å². The van der Waals surface area contributed by atoms with Crippen molar-refractivity contribution in [2.45, 2.75) is 13.5 Å². The first-order valence-corrected chi connectivity index (χ1v) is 6.00. The first-order valence-electron chi connectivity index (χ1n) is 4.74. The van der Waals surface area contributed by atoms with Gasteiger partial charge in [-0.2, -0.15) is 0 Å². The number of benzene rings is 1. The molecule has 1 heterocycles. The van der Waals surface area contributed by atoms with Gasteiger partial charge in [-0.25, -0.2) is 0 Å². The number of hydrogen-bond donors (Lipinski definition) is 1. The molecule has 2 N–H and O–H groups in total. The standard InChI is InChI=1S/C12H12ClNS/c1-8-4-11(7-15-8)9-2-3-12(13)10(5-9)6-14/h2-5,7H,6,14H2,1H3. The monoisotopic (exact) mass is 237 g/mol. The maximum Gasteiger partial charge on any atom is 0.0451 e. The highest BCUT2D eigenvalue weighted by atomic mass is 35.5. The van der Waals surface area contributed by atoms with Gasteiger partial charge in [-0.05, 0) is 47.2 Å². The van der Waals surface area contributed by atoms with Crippen LogP contribution in [0.15, 0.2) is 29.6 Å². The Labute approximate surface area is 98.5 Å². The Hall–Kier alpha value is -0.830. The normalized spacial score (nSPS) is 10.6. The first-order chi connectivity index (χ1) is 7.20. The lowest BCUT2D eigenvalue weighted by Gasteiger charge is -2.04. The van der Waals surface area contributed by atoms with Crippen molar-refractivity contribution in [1.29, 1.82) is 0 Å². The minimum Gasteiger partial charge on any atom is -0.326 e. The van der Waals surface area contributed by atoms with Gasteiger partial charge in [0.05, 0.1) is 0 Å². The van der Waals surface area contributed by atoms with E-state index in [0.717, 1.165) is 10.6 Å². The van der Waals surface area contributed by atoms with Gasteiger partial charge in [0.15, 0.2) is 0 Å². The minimum atomic E-state index is 0.482. The van der Waals surface area contributed by atoms with Gasteiger partial charge < -0.3 is 5.73 Å². The van der Waals surface area contributed by atoms with E-state index in [2.05, 4.69) is 24.4 Å². The number of nitrogens with two attached hydrogens (primary N) is 1. The predicted molar refractivity (Wildman–Crippen MR) is 67.4 cm³/mol. The molecule has 1 nitrogen and oxygen atoms in total. The van der Waals surface area contributed by atoms with E-state index >= 15 is 0 Å². The van der Waals surface area contributed by atoms with Gasteiger partial charge in [-0.3, -0.25) is 0 Å². The van der Waals surface area contributed by atoms with Crippen LogP contribution in [0.3, 0.4) is 0 Å². The zero-order valence-electron chi connectivity index (χ0n) is 8.46. The summed E-state index contributed by atoms with van der Waals surface area (Å²) >= 11 is 7.76. The minimum absolute atomic E-state index is 0.482. The summed E-state index contributed by atoms with van der Waals surface area (Å²) < 4.78 is 0. The molecule has 2 aromatic rings. The van der Waals surface area contributed by atoms with Crippen LogP contribution in [0.5, 0.6) is 0 Å². The van der Waals surface area contributed by atoms with Gasteiger partial charge in [0.25, 0.3) is 0 Å². The van der Waals surface area contributed by atoms with E-state index in [9.17, 15) is 0 Å². The summed E-state index contributed by atoms with van der Waals surface area (Å²) in [6.45, 7) is 2.59. The second-order valence-electron chi connectivity index (χ2n) is 3.46. The SMILES string of the molecule is Cc1cc(-c2ccc(Cl)c(CN)c2)cs1. The summed E-state index contributed by atoms with van der Waals surface area (Å²) in [4.78, 5) is 1.31. The summed E-state index contributed by atoms with van der Waals surface area (Å²) in [7, 11) is 0. The maximum atomic E-state index is 6.01. The lowest BCUT2D eigenvalue weighted by atomic mass is 10.1. The molecule has 78 valence electrons. The van der Waals surface area contributed by atoms with E-state index in [1.807, 2.05) is 12.1 Å². The van der Waals surface area contributed by atoms with E-state index in [-0.39, 0.29) is 0 Å². The molecule has 0 saturated carbocycles. The lowest BCUT2D eigenvalue weighted by Crippen LogP contribution is -1.97. The third-order valence-electron chi connectivity index (χ3n) is 2.33. The molecule has 0 atom stereocenters. The molecule has 0 fully saturated rings. The predicted octanol–water partition coefficient (Wildman–Crippen LogP) is 3.84. The van der Waals surface area contributed by atoms with Crippen LogP contribution >= 0.6 is 22.9 Å². The van der Waals surface area contributed by atoms with Crippen molar-refractivity contribution in [2.75, 3.05) is 0 Å². The van der Waals surface area contributed by atoms with Crippen molar-refractivity contribution in [2.24, 2.45) is 5.73 Å². The smallest absolute Gasteiger partial charge is 0.0451 e. The average molecular weight is 238 g/mol. The molecule has 0 saturated heterocycles. The Morgan fingerprint density at radius 2 is 2.07 bits per heavy atom. The van der Waals surface area contributed by atoms with Gasteiger partial charge in [-0.1, -0.05) is 17.7 Å². The van der Waals surface area contributed by atoms with Crippen LogP contribution in [-0.2, 0) is 6.54 Å². The highest BCUT2D eigenvalue weighted by molar-refractivity contribution is 7.10. The van der Waals surface area contributed by atoms with Crippen molar-refractivity contribution in [1.82, 2.24) is 0 Å². The Balaban J connectivity index is 2.45. The van der Waals surface area contributed by atoms with Crippen molar-refractivity contribution in [3.8, 4) is 11.1 Å². The molecular formula is C12H12ClNS. The van der Waals surface area contributed by atoms with Gasteiger partial charge in [0.2, 0.25) is 0 Å². The van der Waals surface area contributed by atoms with Gasteiger partial charge >= 0.3 is 0 Å². The van der Waals surface area contributed by atoms with Crippen molar-refractivity contribution in [3.05, 3.63) is 45.1 Å². The Kier molecular flexibility index (Phi) is 3.10. The summed E-state index contributed by atoms with van der Waals surface area (Å²) in [6.07, 6.45) is 0. The molecule has 15 heavy (non-hydrogen) atoms. The maximum absolute atomic E-state index is 6.01. The molecule has 0 radical (unpaired) electrons. The number of thiophene rings is 1. The third-order valence-corrected chi connectivity index (χ3v) is 3.56. The molecule has 0 spiro atoms. The molecule has 0 unspecified atom stereocenters. The fraction of sp³-hybridized carbons (Fsp3) is 0.167. The highest BCUT2D eigenvalue weighted by Gasteiger charge is 2.03. The molecule has 1 aromatic heterocycles. The Morgan fingerprint density at radius 3 is 2.67 bits per heavy atom. The Morgan fingerprint density at radius 1 is 1.27 bits per heavy atom. The van der Waals surface area contributed by atoms with Crippen LogP contribution < -0.4 is 5.73 Å². The second-order valence-corrected chi connectivity index (χ2v) is 4.98. The Bertz CT molecular complexity index is 476. The molecular weight excluding hydrogens is 226 g/mol. The fourth-order valence-corrected chi connectivity index (χ4v) is 2.41. The van der Waals surface area contributed by atoms with Crippen LogP contribution in [0.4, 0.5) is 0 Å². The van der Waals surface area contributed by atoms with Crippen LogP contribution in [0.1, 0.15) is 10.4 Å². The largest absolute Gasteiger partial charge is 0.326 e. The first kappa shape index (κ1) is 10.7. The third kappa shape index (κ3) is 2.23. The average Bonchev–Trinajstić information content (AvgIpc) is 2.66. The van der Waals surface area contributed by atoms with E-state index < -0.39 is 0 Å². The number of halogens is 1. The molecule has 0 aliphatic carbocycles. The zero-order chi connectivity index (χ0) is 10.8. The van der Waals surface area contributed by atoms with Crippen LogP contribution in [0, 0.1) is 6.92 Å².